The van der Waals surface area contributed by atoms with Gasteiger partial charge in [-0.05, 0) is 19.8 Å². The first-order valence-electron chi connectivity index (χ1n) is 8.07. The third-order valence-corrected chi connectivity index (χ3v) is 4.50. The molecular weight excluding hydrogens is 282 g/mol. The summed E-state index contributed by atoms with van der Waals surface area (Å²) in [5.41, 5.74) is 0. The van der Waals surface area contributed by atoms with E-state index in [2.05, 4.69) is 9.97 Å². The van der Waals surface area contributed by atoms with E-state index in [1.807, 2.05) is 11.8 Å². The van der Waals surface area contributed by atoms with Crippen LogP contribution in [0.15, 0.2) is 18.6 Å². The van der Waals surface area contributed by atoms with Gasteiger partial charge in [-0.25, -0.2) is 4.98 Å². The fourth-order valence-electron chi connectivity index (χ4n) is 3.19. The van der Waals surface area contributed by atoms with Crippen LogP contribution in [0.5, 0.6) is 5.88 Å². The van der Waals surface area contributed by atoms with Crippen LogP contribution in [-0.2, 0) is 9.53 Å². The molecule has 1 amide bonds. The highest BCUT2D eigenvalue weighted by atomic mass is 16.5. The molecule has 1 aromatic heterocycles. The lowest BCUT2D eigenvalue weighted by Gasteiger charge is -2.36. The van der Waals surface area contributed by atoms with Gasteiger partial charge in [0, 0.05) is 44.9 Å². The van der Waals surface area contributed by atoms with Crippen molar-refractivity contribution in [3.8, 4) is 5.88 Å². The van der Waals surface area contributed by atoms with Gasteiger partial charge in [0.1, 0.15) is 6.10 Å². The van der Waals surface area contributed by atoms with Gasteiger partial charge in [0.25, 0.3) is 0 Å². The second-order valence-corrected chi connectivity index (χ2v) is 6.01. The fourth-order valence-corrected chi connectivity index (χ4v) is 3.19. The number of likely N-dealkylation sites (tertiary alicyclic amines) is 1. The Labute approximate surface area is 130 Å². The Morgan fingerprint density at radius 3 is 2.82 bits per heavy atom. The highest BCUT2D eigenvalue weighted by Gasteiger charge is 2.34. The van der Waals surface area contributed by atoms with Crippen LogP contribution in [0.1, 0.15) is 32.6 Å². The van der Waals surface area contributed by atoms with E-state index in [9.17, 15) is 4.79 Å². The first-order chi connectivity index (χ1) is 10.7. The number of hydrogen-bond donors (Lipinski definition) is 0. The molecule has 0 bridgehead atoms. The molecule has 22 heavy (non-hydrogen) atoms. The van der Waals surface area contributed by atoms with Gasteiger partial charge in [-0.1, -0.05) is 0 Å². The van der Waals surface area contributed by atoms with Crippen molar-refractivity contribution in [1.29, 1.82) is 0 Å². The van der Waals surface area contributed by atoms with Crippen LogP contribution in [0.2, 0.25) is 0 Å². The molecule has 3 rings (SSSR count). The van der Waals surface area contributed by atoms with Crippen molar-refractivity contribution in [2.45, 2.75) is 44.8 Å². The smallest absolute Gasteiger partial charge is 0.232 e. The Kier molecular flexibility index (Phi) is 4.87. The predicted molar refractivity (Wildman–Crippen MR) is 80.4 cm³/mol. The van der Waals surface area contributed by atoms with Crippen LogP contribution < -0.4 is 4.74 Å². The maximum Gasteiger partial charge on any atom is 0.232 e. The second kappa shape index (κ2) is 7.05. The topological polar surface area (TPSA) is 64.5 Å². The molecular formula is C16H23N3O3. The van der Waals surface area contributed by atoms with Gasteiger partial charge in [-0.3, -0.25) is 9.78 Å². The second-order valence-electron chi connectivity index (χ2n) is 6.01. The lowest BCUT2D eigenvalue weighted by atomic mass is 9.93. The fraction of sp³-hybridized carbons (Fsp3) is 0.688. The van der Waals surface area contributed by atoms with Crippen LogP contribution in [0.4, 0.5) is 0 Å². The van der Waals surface area contributed by atoms with Gasteiger partial charge in [-0.15, -0.1) is 0 Å². The molecule has 3 heterocycles. The number of ether oxygens (including phenoxy) is 2. The Balaban J connectivity index is 1.50. The maximum absolute atomic E-state index is 12.6. The van der Waals surface area contributed by atoms with Crippen molar-refractivity contribution >= 4 is 5.91 Å². The van der Waals surface area contributed by atoms with E-state index in [1.165, 1.54) is 0 Å². The number of amides is 1. The van der Waals surface area contributed by atoms with Gasteiger partial charge < -0.3 is 14.4 Å². The van der Waals surface area contributed by atoms with Crippen LogP contribution >= 0.6 is 0 Å². The van der Waals surface area contributed by atoms with Gasteiger partial charge in [0.05, 0.1) is 18.2 Å². The number of piperidine rings is 1. The number of carbonyl (C=O) groups excluding carboxylic acids is 1. The number of aromatic nitrogens is 2. The summed E-state index contributed by atoms with van der Waals surface area (Å²) in [5, 5.41) is 0. The minimum Gasteiger partial charge on any atom is -0.473 e. The number of nitrogens with zero attached hydrogens (tertiary/aromatic N) is 3. The van der Waals surface area contributed by atoms with Crippen LogP contribution in [0.3, 0.4) is 0 Å². The summed E-state index contributed by atoms with van der Waals surface area (Å²) in [7, 11) is 0. The first kappa shape index (κ1) is 15.2. The van der Waals surface area contributed by atoms with E-state index in [4.69, 9.17) is 9.47 Å². The molecule has 2 aliphatic heterocycles. The molecule has 2 unspecified atom stereocenters. The largest absolute Gasteiger partial charge is 0.473 e. The average molecular weight is 305 g/mol. The molecule has 2 aliphatic rings. The number of rotatable bonds is 3. The summed E-state index contributed by atoms with van der Waals surface area (Å²) in [6.07, 6.45) is 8.62. The summed E-state index contributed by atoms with van der Waals surface area (Å²) in [6, 6.07) is 0. The van der Waals surface area contributed by atoms with Gasteiger partial charge in [-0.2, -0.15) is 0 Å². The average Bonchev–Trinajstić information content (AvgIpc) is 2.56. The summed E-state index contributed by atoms with van der Waals surface area (Å²) in [6.45, 7) is 4.27. The molecule has 0 spiro atoms. The molecule has 6 nitrogen and oxygen atoms in total. The zero-order chi connectivity index (χ0) is 15.4. The van der Waals surface area contributed by atoms with E-state index in [0.29, 0.717) is 5.88 Å². The first-order valence-corrected chi connectivity index (χ1v) is 8.07. The van der Waals surface area contributed by atoms with Crippen molar-refractivity contribution in [3.63, 3.8) is 0 Å². The lowest BCUT2D eigenvalue weighted by molar-refractivity contribution is -0.145. The monoisotopic (exact) mass is 305 g/mol. The van der Waals surface area contributed by atoms with Crippen LogP contribution in [0.25, 0.3) is 0 Å². The zero-order valence-electron chi connectivity index (χ0n) is 13.0. The molecule has 0 aromatic carbocycles. The molecule has 0 aliphatic carbocycles. The van der Waals surface area contributed by atoms with Gasteiger partial charge >= 0.3 is 0 Å². The Morgan fingerprint density at radius 1 is 1.32 bits per heavy atom. The lowest BCUT2D eigenvalue weighted by Crippen LogP contribution is -2.47. The molecule has 0 radical (unpaired) electrons. The molecule has 120 valence electrons. The summed E-state index contributed by atoms with van der Waals surface area (Å²) in [5.74, 6) is 0.818. The number of carbonyl (C=O) groups is 1. The highest BCUT2D eigenvalue weighted by molar-refractivity contribution is 5.79. The minimum atomic E-state index is 0.0196. The highest BCUT2D eigenvalue weighted by Crippen LogP contribution is 2.25. The molecule has 6 heteroatoms. The zero-order valence-corrected chi connectivity index (χ0v) is 13.0. The van der Waals surface area contributed by atoms with Crippen molar-refractivity contribution in [2.75, 3.05) is 19.7 Å². The third kappa shape index (κ3) is 3.55. The quantitative estimate of drug-likeness (QED) is 0.850. The predicted octanol–water partition coefficient (Wildman–Crippen LogP) is 1.66. The van der Waals surface area contributed by atoms with Crippen molar-refractivity contribution in [2.24, 2.45) is 5.92 Å². The summed E-state index contributed by atoms with van der Waals surface area (Å²) in [4.78, 5) is 22.7. The van der Waals surface area contributed by atoms with Gasteiger partial charge in [0.2, 0.25) is 11.8 Å². The van der Waals surface area contributed by atoms with Crippen molar-refractivity contribution in [3.05, 3.63) is 18.6 Å². The van der Waals surface area contributed by atoms with E-state index < -0.39 is 0 Å². The van der Waals surface area contributed by atoms with E-state index in [-0.39, 0.29) is 24.0 Å². The summed E-state index contributed by atoms with van der Waals surface area (Å²) < 4.78 is 11.4. The Morgan fingerprint density at radius 2 is 2.14 bits per heavy atom. The van der Waals surface area contributed by atoms with Crippen LogP contribution in [0, 0.1) is 5.92 Å². The van der Waals surface area contributed by atoms with Crippen molar-refractivity contribution in [1.82, 2.24) is 14.9 Å². The maximum atomic E-state index is 12.6. The summed E-state index contributed by atoms with van der Waals surface area (Å²) >= 11 is 0. The third-order valence-electron chi connectivity index (χ3n) is 4.50. The van der Waals surface area contributed by atoms with E-state index >= 15 is 0 Å². The molecule has 2 atom stereocenters. The van der Waals surface area contributed by atoms with Gasteiger partial charge in [0.15, 0.2) is 0 Å². The van der Waals surface area contributed by atoms with Crippen molar-refractivity contribution < 1.29 is 14.3 Å². The van der Waals surface area contributed by atoms with E-state index in [0.717, 1.165) is 45.4 Å². The molecule has 2 fully saturated rings. The minimum absolute atomic E-state index is 0.0196. The van der Waals surface area contributed by atoms with Crippen LogP contribution in [-0.4, -0.2) is 52.7 Å². The SMILES string of the molecule is CC1OCCCC1C(=O)N1CCC(Oc2cnccn2)CC1. The number of hydrogen-bond acceptors (Lipinski definition) is 5. The Bertz CT molecular complexity index is 489. The molecule has 2 saturated heterocycles. The molecule has 0 saturated carbocycles. The standard InChI is InChI=1S/C16H23N3O3/c1-12-14(3-2-10-21-12)16(20)19-8-4-13(5-9-19)22-15-11-17-6-7-18-15/h6-7,11-14H,2-5,8-10H2,1H3. The normalized spacial score (nSPS) is 26.7. The van der Waals surface area contributed by atoms with E-state index in [1.54, 1.807) is 18.6 Å². The Hall–Kier alpha value is -1.69. The molecule has 0 N–H and O–H groups in total. The molecule has 1 aromatic rings.